The molecule has 1 aliphatic heterocycles. The Morgan fingerprint density at radius 1 is 1.12 bits per heavy atom. The summed E-state index contributed by atoms with van der Waals surface area (Å²) in [4.78, 5) is 16.7. The van der Waals surface area contributed by atoms with Crippen LogP contribution in [0.3, 0.4) is 0 Å². The van der Waals surface area contributed by atoms with Gasteiger partial charge in [-0.25, -0.2) is 13.1 Å². The van der Waals surface area contributed by atoms with Crippen molar-refractivity contribution < 1.29 is 17.6 Å². The summed E-state index contributed by atoms with van der Waals surface area (Å²) in [5.41, 5.74) is 0.989. The highest BCUT2D eigenvalue weighted by molar-refractivity contribution is 7.90. The van der Waals surface area contributed by atoms with E-state index in [1.54, 1.807) is 41.3 Å². The third-order valence-electron chi connectivity index (χ3n) is 5.69. The first-order valence-corrected chi connectivity index (χ1v) is 12.2. The minimum Gasteiger partial charge on any atom is -0.459 e. The highest BCUT2D eigenvalue weighted by Crippen LogP contribution is 2.25. The van der Waals surface area contributed by atoms with Crippen molar-refractivity contribution in [3.05, 3.63) is 59.8 Å². The van der Waals surface area contributed by atoms with E-state index < -0.39 is 9.84 Å². The van der Waals surface area contributed by atoms with Crippen LogP contribution in [0.4, 0.5) is 0 Å². The summed E-state index contributed by atoms with van der Waals surface area (Å²) >= 11 is 0. The standard InChI is InChI=1S/C21H26N6O4S/c1-3-18(25-10-12-26(13-11-25)21(28)19-5-4-14-31-19)20-22-23-24-27(20)15-32(29,30)17-8-6-16(2)7-9-17/h4-9,14,18H,3,10-13,15H2,1-2H3. The average molecular weight is 459 g/mol. The fourth-order valence-corrected chi connectivity index (χ4v) is 5.13. The molecule has 32 heavy (non-hydrogen) atoms. The van der Waals surface area contributed by atoms with Crippen molar-refractivity contribution in [1.29, 1.82) is 0 Å². The van der Waals surface area contributed by atoms with Crippen LogP contribution in [0, 0.1) is 6.92 Å². The Morgan fingerprint density at radius 3 is 2.47 bits per heavy atom. The minimum absolute atomic E-state index is 0.128. The van der Waals surface area contributed by atoms with E-state index in [9.17, 15) is 13.2 Å². The van der Waals surface area contributed by atoms with E-state index in [-0.39, 0.29) is 22.7 Å². The van der Waals surface area contributed by atoms with Crippen molar-refractivity contribution in [2.45, 2.75) is 37.1 Å². The van der Waals surface area contributed by atoms with Gasteiger partial charge in [-0.2, -0.15) is 0 Å². The van der Waals surface area contributed by atoms with E-state index >= 15 is 0 Å². The summed E-state index contributed by atoms with van der Waals surface area (Å²) < 4.78 is 32.4. The minimum atomic E-state index is -3.60. The number of carbonyl (C=O) groups excluding carboxylic acids is 1. The molecule has 1 unspecified atom stereocenters. The lowest BCUT2D eigenvalue weighted by atomic mass is 10.1. The monoisotopic (exact) mass is 458 g/mol. The Kier molecular flexibility index (Phi) is 6.38. The molecule has 1 amide bonds. The summed E-state index contributed by atoms with van der Waals surface area (Å²) in [5, 5.41) is 11.9. The predicted molar refractivity (Wildman–Crippen MR) is 115 cm³/mol. The molecule has 4 rings (SSSR count). The molecule has 0 bridgehead atoms. The largest absolute Gasteiger partial charge is 0.459 e. The van der Waals surface area contributed by atoms with Crippen LogP contribution in [0.15, 0.2) is 52.0 Å². The van der Waals surface area contributed by atoms with Gasteiger partial charge in [-0.3, -0.25) is 9.69 Å². The summed E-state index contributed by atoms with van der Waals surface area (Å²) in [6.45, 7) is 6.26. The molecule has 0 radical (unpaired) electrons. The first kappa shape index (κ1) is 22.2. The van der Waals surface area contributed by atoms with Gasteiger partial charge in [0, 0.05) is 26.2 Å². The lowest BCUT2D eigenvalue weighted by Crippen LogP contribution is -2.50. The second-order valence-corrected chi connectivity index (χ2v) is 9.78. The molecule has 1 fully saturated rings. The number of piperazine rings is 1. The first-order chi connectivity index (χ1) is 15.4. The number of amides is 1. The van der Waals surface area contributed by atoms with Crippen LogP contribution in [-0.2, 0) is 15.7 Å². The average Bonchev–Trinajstić information content (AvgIpc) is 3.47. The Morgan fingerprint density at radius 2 is 1.84 bits per heavy atom. The zero-order valence-corrected chi connectivity index (χ0v) is 18.9. The first-order valence-electron chi connectivity index (χ1n) is 10.5. The number of aromatic nitrogens is 4. The molecule has 2 aromatic heterocycles. The van der Waals surface area contributed by atoms with Crippen LogP contribution >= 0.6 is 0 Å². The Balaban J connectivity index is 1.46. The van der Waals surface area contributed by atoms with Gasteiger partial charge in [-0.15, -0.1) is 5.10 Å². The van der Waals surface area contributed by atoms with Gasteiger partial charge in [0.2, 0.25) is 0 Å². The number of aryl methyl sites for hydroxylation is 1. The van der Waals surface area contributed by atoms with Crippen molar-refractivity contribution in [3.8, 4) is 0 Å². The molecule has 1 aliphatic rings. The maximum atomic E-state index is 12.9. The summed E-state index contributed by atoms with van der Waals surface area (Å²) in [6, 6.07) is 9.94. The van der Waals surface area contributed by atoms with E-state index in [0.717, 1.165) is 5.56 Å². The summed E-state index contributed by atoms with van der Waals surface area (Å²) in [5.74, 6) is 0.382. The number of hydrogen-bond acceptors (Lipinski definition) is 8. The highest BCUT2D eigenvalue weighted by Gasteiger charge is 2.31. The molecular formula is C21H26N6O4S. The second kappa shape index (κ2) is 9.21. The van der Waals surface area contributed by atoms with Crippen molar-refractivity contribution in [2.24, 2.45) is 0 Å². The van der Waals surface area contributed by atoms with Crippen molar-refractivity contribution in [2.75, 3.05) is 26.2 Å². The lowest BCUT2D eigenvalue weighted by Gasteiger charge is -2.38. The smallest absolute Gasteiger partial charge is 0.289 e. The zero-order valence-electron chi connectivity index (χ0n) is 18.1. The molecule has 1 saturated heterocycles. The van der Waals surface area contributed by atoms with E-state index in [4.69, 9.17) is 4.42 Å². The molecular weight excluding hydrogens is 432 g/mol. The number of sulfone groups is 1. The SMILES string of the molecule is CCC(c1nnnn1CS(=O)(=O)c1ccc(C)cc1)N1CCN(C(=O)c2ccco2)CC1. The van der Waals surface area contributed by atoms with E-state index in [0.29, 0.717) is 44.2 Å². The zero-order chi connectivity index (χ0) is 22.7. The van der Waals surface area contributed by atoms with Gasteiger partial charge < -0.3 is 9.32 Å². The molecule has 11 heteroatoms. The number of furan rings is 1. The number of carbonyl (C=O) groups is 1. The van der Waals surface area contributed by atoms with Crippen LogP contribution in [-0.4, -0.2) is 70.5 Å². The number of tetrazole rings is 1. The fourth-order valence-electron chi connectivity index (χ4n) is 3.92. The third-order valence-corrected chi connectivity index (χ3v) is 7.27. The predicted octanol–water partition coefficient (Wildman–Crippen LogP) is 1.92. The molecule has 10 nitrogen and oxygen atoms in total. The molecule has 0 spiro atoms. The maximum absolute atomic E-state index is 12.9. The van der Waals surface area contributed by atoms with E-state index in [1.807, 2.05) is 13.8 Å². The maximum Gasteiger partial charge on any atom is 0.289 e. The van der Waals surface area contributed by atoms with Crippen molar-refractivity contribution >= 4 is 15.7 Å². The van der Waals surface area contributed by atoms with Gasteiger partial charge in [0.05, 0.1) is 17.2 Å². The molecule has 0 aliphatic carbocycles. The highest BCUT2D eigenvalue weighted by atomic mass is 32.2. The van der Waals surface area contributed by atoms with Gasteiger partial charge in [0.25, 0.3) is 5.91 Å². The Labute approximate surface area is 186 Å². The molecule has 3 aromatic rings. The van der Waals surface area contributed by atoms with Crippen LogP contribution in [0.2, 0.25) is 0 Å². The van der Waals surface area contributed by atoms with Gasteiger partial charge in [-0.1, -0.05) is 24.6 Å². The molecule has 170 valence electrons. The number of hydrogen-bond donors (Lipinski definition) is 0. The molecule has 1 aromatic carbocycles. The molecule has 0 saturated carbocycles. The van der Waals surface area contributed by atoms with Crippen LogP contribution in [0.1, 0.15) is 41.3 Å². The number of nitrogens with zero attached hydrogens (tertiary/aromatic N) is 6. The Bertz CT molecular complexity index is 1150. The van der Waals surface area contributed by atoms with Gasteiger partial charge in [-0.05, 0) is 48.0 Å². The number of rotatable bonds is 7. The van der Waals surface area contributed by atoms with Crippen molar-refractivity contribution in [1.82, 2.24) is 30.0 Å². The van der Waals surface area contributed by atoms with Crippen LogP contribution in [0.25, 0.3) is 0 Å². The summed E-state index contributed by atoms with van der Waals surface area (Å²) in [6.07, 6.45) is 2.19. The normalized spacial score (nSPS) is 16.2. The van der Waals surface area contributed by atoms with E-state index in [2.05, 4.69) is 20.4 Å². The second-order valence-electron chi connectivity index (χ2n) is 7.82. The van der Waals surface area contributed by atoms with Gasteiger partial charge >= 0.3 is 0 Å². The van der Waals surface area contributed by atoms with Crippen molar-refractivity contribution in [3.63, 3.8) is 0 Å². The number of benzene rings is 1. The van der Waals surface area contributed by atoms with Gasteiger partial charge in [0.1, 0.15) is 0 Å². The summed E-state index contributed by atoms with van der Waals surface area (Å²) in [7, 11) is -3.60. The fraction of sp³-hybridized carbons (Fsp3) is 0.429. The van der Waals surface area contributed by atoms with Crippen LogP contribution < -0.4 is 0 Å². The van der Waals surface area contributed by atoms with E-state index in [1.165, 1.54) is 10.9 Å². The quantitative estimate of drug-likeness (QED) is 0.527. The molecule has 1 atom stereocenters. The van der Waals surface area contributed by atoms with Crippen LogP contribution in [0.5, 0.6) is 0 Å². The third kappa shape index (κ3) is 4.58. The molecule has 3 heterocycles. The van der Waals surface area contributed by atoms with Gasteiger partial charge in [0.15, 0.2) is 27.3 Å². The lowest BCUT2D eigenvalue weighted by molar-refractivity contribution is 0.0522. The molecule has 0 N–H and O–H groups in total. The Hall–Kier alpha value is -3.05. The topological polar surface area (TPSA) is 114 Å².